The summed E-state index contributed by atoms with van der Waals surface area (Å²) in [7, 11) is -0.229. The number of methoxy groups -OCH3 is 1. The SMILES string of the molecule is C=CC[C@@H](O)[C@H](C=C)[Si](C)(C)c1ccccc1OC. The number of benzene rings is 1. The van der Waals surface area contributed by atoms with E-state index in [0.717, 1.165) is 5.75 Å². The van der Waals surface area contributed by atoms with Gasteiger partial charge in [-0.3, -0.25) is 0 Å². The van der Waals surface area contributed by atoms with E-state index in [1.54, 1.807) is 13.2 Å². The van der Waals surface area contributed by atoms with E-state index >= 15 is 0 Å². The van der Waals surface area contributed by atoms with Crippen LogP contribution in [0.5, 0.6) is 5.75 Å². The summed E-state index contributed by atoms with van der Waals surface area (Å²) in [5, 5.41) is 11.5. The topological polar surface area (TPSA) is 29.5 Å². The summed E-state index contributed by atoms with van der Waals surface area (Å²) in [6.07, 6.45) is 3.80. The van der Waals surface area contributed by atoms with Crippen molar-refractivity contribution in [2.75, 3.05) is 7.11 Å². The second kappa shape index (κ2) is 6.73. The maximum atomic E-state index is 10.3. The van der Waals surface area contributed by atoms with Gasteiger partial charge in [-0.2, -0.15) is 0 Å². The molecule has 1 aromatic carbocycles. The third-order valence-corrected chi connectivity index (χ3v) is 7.80. The van der Waals surface area contributed by atoms with Gasteiger partial charge in [0.2, 0.25) is 0 Å². The van der Waals surface area contributed by atoms with Gasteiger partial charge in [0.05, 0.1) is 21.3 Å². The van der Waals surface area contributed by atoms with Crippen LogP contribution in [0, 0.1) is 0 Å². The molecule has 3 heteroatoms. The molecule has 1 N–H and O–H groups in total. The molecule has 0 aromatic heterocycles. The molecule has 0 spiro atoms. The number of aliphatic hydroxyl groups is 1. The molecule has 104 valence electrons. The number of para-hydroxylation sites is 1. The van der Waals surface area contributed by atoms with Crippen molar-refractivity contribution in [1.29, 1.82) is 0 Å². The van der Waals surface area contributed by atoms with Crippen molar-refractivity contribution < 1.29 is 9.84 Å². The van der Waals surface area contributed by atoms with Crippen LogP contribution in [0.4, 0.5) is 0 Å². The number of aliphatic hydroxyl groups excluding tert-OH is 1. The zero-order chi connectivity index (χ0) is 14.5. The van der Waals surface area contributed by atoms with Crippen molar-refractivity contribution in [3.05, 3.63) is 49.6 Å². The molecule has 0 bridgehead atoms. The van der Waals surface area contributed by atoms with Gasteiger partial charge >= 0.3 is 0 Å². The molecule has 0 aliphatic rings. The van der Waals surface area contributed by atoms with Gasteiger partial charge in [0.25, 0.3) is 0 Å². The van der Waals surface area contributed by atoms with Gasteiger partial charge in [0, 0.05) is 5.54 Å². The van der Waals surface area contributed by atoms with Gasteiger partial charge < -0.3 is 9.84 Å². The first kappa shape index (κ1) is 15.7. The Hall–Kier alpha value is -1.32. The van der Waals surface area contributed by atoms with Gasteiger partial charge in [0.15, 0.2) is 0 Å². The van der Waals surface area contributed by atoms with Gasteiger partial charge in [-0.1, -0.05) is 43.4 Å². The molecule has 0 aliphatic carbocycles. The Morgan fingerprint density at radius 2 is 1.95 bits per heavy atom. The molecule has 0 saturated heterocycles. The summed E-state index contributed by atoms with van der Waals surface area (Å²) in [6, 6.07) is 8.06. The van der Waals surface area contributed by atoms with Crippen LogP contribution < -0.4 is 9.92 Å². The third kappa shape index (κ3) is 3.36. The standard InChI is InChI=1S/C16H24O2Si/c1-6-10-13(17)15(7-2)19(4,5)16-12-9-8-11-14(16)18-3/h6-9,11-13,15,17H,1-2,10H2,3-5H3/t13-,15+/m1/s1. The van der Waals surface area contributed by atoms with Gasteiger partial charge in [0.1, 0.15) is 5.75 Å². The summed E-state index contributed by atoms with van der Waals surface area (Å²) in [4.78, 5) is 0. The van der Waals surface area contributed by atoms with E-state index in [9.17, 15) is 5.11 Å². The van der Waals surface area contributed by atoms with Crippen LogP contribution in [0.3, 0.4) is 0 Å². The highest BCUT2D eigenvalue weighted by molar-refractivity contribution is 6.92. The zero-order valence-corrected chi connectivity index (χ0v) is 13.1. The van der Waals surface area contributed by atoms with Crippen LogP contribution in [-0.2, 0) is 0 Å². The maximum absolute atomic E-state index is 10.3. The Morgan fingerprint density at radius 1 is 1.32 bits per heavy atom. The lowest BCUT2D eigenvalue weighted by Crippen LogP contribution is -2.49. The predicted molar refractivity (Wildman–Crippen MR) is 84.9 cm³/mol. The first-order valence-corrected chi connectivity index (χ1v) is 9.61. The third-order valence-electron chi connectivity index (χ3n) is 3.71. The number of hydrogen-bond acceptors (Lipinski definition) is 2. The quantitative estimate of drug-likeness (QED) is 0.612. The van der Waals surface area contributed by atoms with Crippen LogP contribution >= 0.6 is 0 Å². The van der Waals surface area contributed by atoms with Crippen molar-refractivity contribution in [1.82, 2.24) is 0 Å². The average Bonchev–Trinajstić information content (AvgIpc) is 2.39. The summed E-state index contributed by atoms with van der Waals surface area (Å²) in [6.45, 7) is 12.1. The van der Waals surface area contributed by atoms with Crippen molar-refractivity contribution in [3.8, 4) is 5.75 Å². The van der Waals surface area contributed by atoms with Crippen molar-refractivity contribution in [2.24, 2.45) is 0 Å². The Morgan fingerprint density at radius 3 is 2.47 bits per heavy atom. The lowest BCUT2D eigenvalue weighted by Gasteiger charge is -2.34. The first-order valence-electron chi connectivity index (χ1n) is 6.54. The van der Waals surface area contributed by atoms with E-state index in [1.165, 1.54) is 5.19 Å². The molecule has 0 fully saturated rings. The van der Waals surface area contributed by atoms with Crippen molar-refractivity contribution in [2.45, 2.75) is 31.2 Å². The van der Waals surface area contributed by atoms with Crippen molar-refractivity contribution >= 4 is 13.3 Å². The molecule has 0 radical (unpaired) electrons. The van der Waals surface area contributed by atoms with Crippen LogP contribution in [0.15, 0.2) is 49.6 Å². The Labute approximate surface area is 117 Å². The summed E-state index contributed by atoms with van der Waals surface area (Å²) >= 11 is 0. The number of rotatable bonds is 7. The second-order valence-electron chi connectivity index (χ2n) is 5.28. The van der Waals surface area contributed by atoms with Crippen LogP contribution in [0.1, 0.15) is 6.42 Å². The molecule has 19 heavy (non-hydrogen) atoms. The highest BCUT2D eigenvalue weighted by atomic mass is 28.3. The Kier molecular flexibility index (Phi) is 5.57. The van der Waals surface area contributed by atoms with E-state index in [2.05, 4.69) is 32.3 Å². The fourth-order valence-electron chi connectivity index (χ4n) is 2.61. The molecule has 0 heterocycles. The lowest BCUT2D eigenvalue weighted by atomic mass is 10.2. The minimum atomic E-state index is -1.92. The normalized spacial score (nSPS) is 14.5. The molecular formula is C16H24O2Si. The average molecular weight is 276 g/mol. The Balaban J connectivity index is 3.19. The molecule has 0 aliphatic heterocycles. The number of hydrogen-bond donors (Lipinski definition) is 1. The molecular weight excluding hydrogens is 252 g/mol. The fraction of sp³-hybridized carbons (Fsp3) is 0.375. The van der Waals surface area contributed by atoms with E-state index in [0.29, 0.717) is 6.42 Å². The van der Waals surface area contributed by atoms with Crippen LogP contribution in [0.25, 0.3) is 0 Å². The molecule has 2 nitrogen and oxygen atoms in total. The van der Waals surface area contributed by atoms with E-state index in [-0.39, 0.29) is 5.54 Å². The van der Waals surface area contributed by atoms with Gasteiger partial charge in [-0.25, -0.2) is 0 Å². The lowest BCUT2D eigenvalue weighted by molar-refractivity contribution is 0.179. The maximum Gasteiger partial charge on any atom is 0.118 e. The minimum absolute atomic E-state index is 0.0711. The molecule has 1 rings (SSSR count). The Bertz CT molecular complexity index is 440. The number of ether oxygens (including phenoxy) is 1. The van der Waals surface area contributed by atoms with E-state index < -0.39 is 14.2 Å². The van der Waals surface area contributed by atoms with Crippen molar-refractivity contribution in [3.63, 3.8) is 0 Å². The molecule has 1 aromatic rings. The smallest absolute Gasteiger partial charge is 0.118 e. The molecule has 0 saturated carbocycles. The summed E-state index contributed by atoms with van der Waals surface area (Å²) in [5.41, 5.74) is 0.0711. The minimum Gasteiger partial charge on any atom is -0.497 e. The fourth-order valence-corrected chi connectivity index (χ4v) is 6.00. The zero-order valence-electron chi connectivity index (χ0n) is 12.1. The van der Waals surface area contributed by atoms with Gasteiger partial charge in [-0.15, -0.1) is 13.2 Å². The first-order chi connectivity index (χ1) is 8.98. The predicted octanol–water partition coefficient (Wildman–Crippen LogP) is 3.10. The summed E-state index contributed by atoms with van der Waals surface area (Å²) < 4.78 is 5.46. The second-order valence-corrected chi connectivity index (χ2v) is 9.92. The molecule has 0 amide bonds. The molecule has 0 unspecified atom stereocenters. The van der Waals surface area contributed by atoms with E-state index in [1.807, 2.05) is 24.3 Å². The summed E-state index contributed by atoms with van der Waals surface area (Å²) in [5.74, 6) is 0.900. The van der Waals surface area contributed by atoms with E-state index in [4.69, 9.17) is 4.74 Å². The van der Waals surface area contributed by atoms with Crippen LogP contribution in [0.2, 0.25) is 18.6 Å². The van der Waals surface area contributed by atoms with Gasteiger partial charge in [-0.05, 0) is 17.7 Å². The highest BCUT2D eigenvalue weighted by Gasteiger charge is 2.37. The van der Waals surface area contributed by atoms with Crippen LogP contribution in [-0.4, -0.2) is 26.4 Å². The molecule has 2 atom stereocenters. The highest BCUT2D eigenvalue weighted by Crippen LogP contribution is 2.30. The largest absolute Gasteiger partial charge is 0.497 e. The monoisotopic (exact) mass is 276 g/mol.